The number of hydrogen-bond donors (Lipinski definition) is 0. The SMILES string of the molecule is CC#CC.CC(C)=C/C=C(\C)F.CF.Cc1ccccc1. The molecule has 0 unspecified atom stereocenters. The predicted molar refractivity (Wildman–Crippen MR) is 91.6 cm³/mol. The third-order valence-corrected chi connectivity index (χ3v) is 1.84. The van der Waals surface area contributed by atoms with Crippen LogP contribution in [0.15, 0.2) is 53.9 Å². The molecule has 1 aromatic rings. The molecule has 0 fully saturated rings. The Morgan fingerprint density at radius 3 is 1.48 bits per heavy atom. The average Bonchev–Trinajstić information content (AvgIpc) is 2.49. The van der Waals surface area contributed by atoms with Gasteiger partial charge in [-0.25, -0.2) is 4.39 Å². The molecule has 0 aliphatic carbocycles. The van der Waals surface area contributed by atoms with Gasteiger partial charge in [0.15, 0.2) is 0 Å². The third-order valence-electron chi connectivity index (χ3n) is 1.84. The van der Waals surface area contributed by atoms with Gasteiger partial charge in [-0.3, -0.25) is 4.39 Å². The molecule has 0 atom stereocenters. The Morgan fingerprint density at radius 1 is 0.905 bits per heavy atom. The van der Waals surface area contributed by atoms with E-state index < -0.39 is 0 Å². The maximum atomic E-state index is 11.9. The average molecular weight is 294 g/mol. The van der Waals surface area contributed by atoms with E-state index in [-0.39, 0.29) is 5.83 Å². The van der Waals surface area contributed by atoms with E-state index in [1.807, 2.05) is 45.9 Å². The zero-order valence-corrected chi connectivity index (χ0v) is 14.3. The van der Waals surface area contributed by atoms with E-state index in [1.54, 1.807) is 6.08 Å². The van der Waals surface area contributed by atoms with Crippen LogP contribution in [0, 0.1) is 18.8 Å². The monoisotopic (exact) mass is 294 g/mol. The molecule has 0 heterocycles. The van der Waals surface area contributed by atoms with Gasteiger partial charge >= 0.3 is 0 Å². The first-order valence-corrected chi connectivity index (χ1v) is 6.64. The van der Waals surface area contributed by atoms with Crippen molar-refractivity contribution in [2.75, 3.05) is 7.18 Å². The fourth-order valence-corrected chi connectivity index (χ4v) is 0.816. The minimum absolute atomic E-state index is 0.147. The van der Waals surface area contributed by atoms with Gasteiger partial charge in [-0.05, 0) is 47.6 Å². The minimum atomic E-state index is -0.147. The molecule has 0 nitrogen and oxygen atoms in total. The minimum Gasteiger partial charge on any atom is -0.255 e. The highest BCUT2D eigenvalue weighted by atomic mass is 19.1. The summed E-state index contributed by atoms with van der Waals surface area (Å²) in [4.78, 5) is 0. The van der Waals surface area contributed by atoms with Crippen LogP contribution < -0.4 is 0 Å². The van der Waals surface area contributed by atoms with Gasteiger partial charge in [0.2, 0.25) is 0 Å². The molecule has 0 N–H and O–H groups in total. The number of allylic oxidation sites excluding steroid dienone is 4. The highest BCUT2D eigenvalue weighted by molar-refractivity contribution is 5.11. The van der Waals surface area contributed by atoms with Crippen LogP contribution in [-0.2, 0) is 0 Å². The summed E-state index contributed by atoms with van der Waals surface area (Å²) in [6.07, 6.45) is 3.20. The van der Waals surface area contributed by atoms with Crippen molar-refractivity contribution in [3.63, 3.8) is 0 Å². The van der Waals surface area contributed by atoms with Crippen LogP contribution >= 0.6 is 0 Å². The fourth-order valence-electron chi connectivity index (χ4n) is 0.816. The molecule has 1 rings (SSSR count). The molecule has 0 spiro atoms. The molecule has 0 aromatic heterocycles. The van der Waals surface area contributed by atoms with Gasteiger partial charge in [-0.15, -0.1) is 11.8 Å². The van der Waals surface area contributed by atoms with Crippen LogP contribution in [0.5, 0.6) is 0 Å². The van der Waals surface area contributed by atoms with Crippen molar-refractivity contribution in [2.45, 2.75) is 41.5 Å². The quantitative estimate of drug-likeness (QED) is 0.413. The molecule has 118 valence electrons. The molecule has 1 aromatic carbocycles. The number of halogens is 2. The van der Waals surface area contributed by atoms with Crippen molar-refractivity contribution in [3.05, 3.63) is 59.4 Å². The highest BCUT2D eigenvalue weighted by Crippen LogP contribution is 1.95. The predicted octanol–water partition coefficient (Wildman–Crippen LogP) is 6.44. The molecule has 0 radical (unpaired) electrons. The lowest BCUT2D eigenvalue weighted by Gasteiger charge is -1.82. The van der Waals surface area contributed by atoms with E-state index >= 15 is 0 Å². The van der Waals surface area contributed by atoms with Crippen molar-refractivity contribution >= 4 is 0 Å². The van der Waals surface area contributed by atoms with Gasteiger partial charge in [-0.2, -0.15) is 0 Å². The molecule has 0 saturated heterocycles. The number of benzene rings is 1. The van der Waals surface area contributed by atoms with Gasteiger partial charge in [0.25, 0.3) is 0 Å². The van der Waals surface area contributed by atoms with Crippen LogP contribution in [0.2, 0.25) is 0 Å². The van der Waals surface area contributed by atoms with Crippen molar-refractivity contribution in [3.8, 4) is 11.8 Å². The van der Waals surface area contributed by atoms with Crippen LogP contribution in [0.1, 0.15) is 40.2 Å². The van der Waals surface area contributed by atoms with Crippen molar-refractivity contribution in [1.29, 1.82) is 0 Å². The smallest absolute Gasteiger partial charge is 0.0968 e. The van der Waals surface area contributed by atoms with E-state index in [0.717, 1.165) is 5.57 Å². The van der Waals surface area contributed by atoms with E-state index in [4.69, 9.17) is 0 Å². The second kappa shape index (κ2) is 20.4. The summed E-state index contributed by atoms with van der Waals surface area (Å²) in [7, 11) is 0.500. The second-order valence-corrected chi connectivity index (χ2v) is 4.15. The van der Waals surface area contributed by atoms with Gasteiger partial charge in [0, 0.05) is 0 Å². The third kappa shape index (κ3) is 32.1. The summed E-state index contributed by atoms with van der Waals surface area (Å²) in [6, 6.07) is 10.3. The summed E-state index contributed by atoms with van der Waals surface area (Å²) in [5.74, 6) is 5.21. The molecular formula is C19H28F2. The summed E-state index contributed by atoms with van der Waals surface area (Å²) in [5.41, 5.74) is 2.43. The first-order valence-electron chi connectivity index (χ1n) is 6.64. The first-order chi connectivity index (χ1) is 9.93. The van der Waals surface area contributed by atoms with E-state index in [2.05, 4.69) is 30.9 Å². The Hall–Kier alpha value is -1.88. The maximum absolute atomic E-state index is 11.9. The van der Waals surface area contributed by atoms with Crippen LogP contribution in [0.3, 0.4) is 0 Å². The summed E-state index contributed by atoms with van der Waals surface area (Å²) >= 11 is 0. The molecule has 0 aliphatic heterocycles. The van der Waals surface area contributed by atoms with Gasteiger partial charge in [0.1, 0.15) is 0 Å². The maximum Gasteiger partial charge on any atom is 0.0968 e. The Labute approximate surface area is 129 Å². The molecule has 0 saturated carbocycles. The van der Waals surface area contributed by atoms with E-state index in [0.29, 0.717) is 7.18 Å². The van der Waals surface area contributed by atoms with E-state index in [9.17, 15) is 8.78 Å². The Bertz CT molecular complexity index is 402. The number of rotatable bonds is 1. The summed E-state index contributed by atoms with van der Waals surface area (Å²) in [5, 5.41) is 0. The Morgan fingerprint density at radius 2 is 1.33 bits per heavy atom. The number of alkyl halides is 1. The molecule has 21 heavy (non-hydrogen) atoms. The van der Waals surface area contributed by atoms with Gasteiger partial charge in [-0.1, -0.05) is 47.5 Å². The molecule has 0 bridgehead atoms. The number of hydrogen-bond acceptors (Lipinski definition) is 0. The zero-order chi connectivity index (χ0) is 17.1. The molecular weight excluding hydrogens is 266 g/mol. The first kappa shape index (κ1) is 24.2. The normalized spacial score (nSPS) is 8.14. The Kier molecular flexibility index (Phi) is 23.5. The van der Waals surface area contributed by atoms with Crippen molar-refractivity contribution in [1.82, 2.24) is 0 Å². The summed E-state index contributed by atoms with van der Waals surface area (Å²) in [6.45, 7) is 11.0. The Balaban J connectivity index is -0.000000228. The van der Waals surface area contributed by atoms with Crippen molar-refractivity contribution in [2.24, 2.45) is 0 Å². The van der Waals surface area contributed by atoms with Gasteiger partial charge < -0.3 is 0 Å². The van der Waals surface area contributed by atoms with Crippen LogP contribution in [0.25, 0.3) is 0 Å². The fraction of sp³-hybridized carbons (Fsp3) is 0.368. The zero-order valence-electron chi connectivity index (χ0n) is 14.3. The lowest BCUT2D eigenvalue weighted by atomic mass is 10.2. The lowest BCUT2D eigenvalue weighted by Crippen LogP contribution is -1.62. The largest absolute Gasteiger partial charge is 0.255 e. The molecule has 0 amide bonds. The van der Waals surface area contributed by atoms with E-state index in [1.165, 1.54) is 18.6 Å². The molecule has 0 aliphatic rings. The highest BCUT2D eigenvalue weighted by Gasteiger charge is 1.75. The lowest BCUT2D eigenvalue weighted by molar-refractivity contribution is 0.636. The van der Waals surface area contributed by atoms with Crippen molar-refractivity contribution < 1.29 is 8.78 Å². The standard InChI is InChI=1S/C7H11F.C7H8.C4H6.CH3F/c1-6(2)4-5-7(3)8;1-7-5-3-2-4-6-7;1-3-4-2;1-2/h4-5H,1-3H3;2-6H,1H3;1-2H3;1H3/b7-5+;;;. The van der Waals surface area contributed by atoms with Crippen LogP contribution in [0.4, 0.5) is 8.78 Å². The molecule has 2 heteroatoms. The van der Waals surface area contributed by atoms with Crippen LogP contribution in [-0.4, -0.2) is 7.18 Å². The van der Waals surface area contributed by atoms with Gasteiger partial charge in [0.05, 0.1) is 13.0 Å². The topological polar surface area (TPSA) is 0 Å². The summed E-state index contributed by atoms with van der Waals surface area (Å²) < 4.78 is 21.4. The second-order valence-electron chi connectivity index (χ2n) is 4.15. The number of aryl methyl sites for hydroxylation is 1.